The lowest BCUT2D eigenvalue weighted by Gasteiger charge is -2.37. The van der Waals surface area contributed by atoms with E-state index in [0.29, 0.717) is 11.0 Å². The van der Waals surface area contributed by atoms with Gasteiger partial charge in [-0.1, -0.05) is 13.8 Å². The van der Waals surface area contributed by atoms with E-state index in [-0.39, 0.29) is 0 Å². The number of aldehydes is 1. The molecule has 0 unspecified atom stereocenters. The molecule has 0 aromatic carbocycles. The van der Waals surface area contributed by atoms with Crippen LogP contribution in [0.3, 0.4) is 0 Å². The van der Waals surface area contributed by atoms with E-state index in [1.165, 1.54) is 0 Å². The first kappa shape index (κ1) is 11.1. The molecule has 0 amide bonds. The molecule has 1 aliphatic heterocycles. The number of pyridine rings is 1. The molecular formula is C13H18N2O. The van der Waals surface area contributed by atoms with Gasteiger partial charge in [0, 0.05) is 19.3 Å². The monoisotopic (exact) mass is 218 g/mol. The van der Waals surface area contributed by atoms with Gasteiger partial charge in [0.05, 0.1) is 5.56 Å². The van der Waals surface area contributed by atoms with Crippen LogP contribution in [0.4, 0.5) is 5.82 Å². The van der Waals surface area contributed by atoms with E-state index in [2.05, 4.69) is 23.7 Å². The molecule has 0 saturated carbocycles. The van der Waals surface area contributed by atoms with Gasteiger partial charge >= 0.3 is 0 Å². The first-order chi connectivity index (χ1) is 7.62. The van der Waals surface area contributed by atoms with Crippen LogP contribution in [0.5, 0.6) is 0 Å². The molecule has 3 heteroatoms. The van der Waals surface area contributed by atoms with Crippen molar-refractivity contribution in [1.29, 1.82) is 0 Å². The minimum Gasteiger partial charge on any atom is -0.356 e. The van der Waals surface area contributed by atoms with Crippen molar-refractivity contribution in [2.45, 2.75) is 26.7 Å². The molecule has 2 rings (SSSR count). The molecule has 0 radical (unpaired) electrons. The second-order valence-electron chi connectivity index (χ2n) is 5.19. The number of hydrogen-bond acceptors (Lipinski definition) is 3. The number of hydrogen-bond donors (Lipinski definition) is 0. The van der Waals surface area contributed by atoms with Crippen molar-refractivity contribution in [3.05, 3.63) is 23.9 Å². The van der Waals surface area contributed by atoms with Gasteiger partial charge in [-0.3, -0.25) is 4.79 Å². The number of nitrogens with zero attached hydrogens (tertiary/aromatic N) is 2. The van der Waals surface area contributed by atoms with Crippen molar-refractivity contribution in [2.75, 3.05) is 18.0 Å². The second kappa shape index (κ2) is 4.24. The van der Waals surface area contributed by atoms with Gasteiger partial charge in [-0.05, 0) is 30.4 Å². The lowest BCUT2D eigenvalue weighted by Crippen LogP contribution is -2.38. The molecule has 1 aromatic heterocycles. The normalized spacial score (nSPS) is 19.5. The summed E-state index contributed by atoms with van der Waals surface area (Å²) in [6.45, 7) is 6.57. The minimum atomic E-state index is 0.423. The molecule has 3 nitrogen and oxygen atoms in total. The van der Waals surface area contributed by atoms with Gasteiger partial charge in [0.2, 0.25) is 0 Å². The predicted molar refractivity (Wildman–Crippen MR) is 64.9 cm³/mol. The standard InChI is InChI=1S/C13H18N2O/c1-13(2)5-8-15(9-6-13)12-11(10-16)4-3-7-14-12/h3-4,7,10H,5-6,8-9H2,1-2H3. The first-order valence-corrected chi connectivity index (χ1v) is 5.77. The van der Waals surface area contributed by atoms with Crippen molar-refractivity contribution in [3.8, 4) is 0 Å². The van der Waals surface area contributed by atoms with Gasteiger partial charge < -0.3 is 4.90 Å². The molecular weight excluding hydrogens is 200 g/mol. The predicted octanol–water partition coefficient (Wildman–Crippen LogP) is 2.52. The quantitative estimate of drug-likeness (QED) is 0.715. The Bertz CT molecular complexity index is 377. The Morgan fingerprint density at radius 2 is 2.06 bits per heavy atom. The van der Waals surface area contributed by atoms with E-state index >= 15 is 0 Å². The maximum Gasteiger partial charge on any atom is 0.153 e. The van der Waals surface area contributed by atoms with Crippen LogP contribution in [0.2, 0.25) is 0 Å². The Kier molecular flexibility index (Phi) is 2.95. The molecule has 16 heavy (non-hydrogen) atoms. The zero-order valence-corrected chi connectivity index (χ0v) is 9.94. The third kappa shape index (κ3) is 2.23. The summed E-state index contributed by atoms with van der Waals surface area (Å²) >= 11 is 0. The third-order valence-electron chi connectivity index (χ3n) is 3.36. The lowest BCUT2D eigenvalue weighted by molar-refractivity contribution is 0.112. The topological polar surface area (TPSA) is 33.2 Å². The van der Waals surface area contributed by atoms with E-state index in [0.717, 1.165) is 38.0 Å². The van der Waals surface area contributed by atoms with Gasteiger partial charge in [-0.25, -0.2) is 4.98 Å². The van der Waals surface area contributed by atoms with Crippen LogP contribution in [0.1, 0.15) is 37.0 Å². The summed E-state index contributed by atoms with van der Waals surface area (Å²) < 4.78 is 0. The Hall–Kier alpha value is -1.38. The van der Waals surface area contributed by atoms with Crippen LogP contribution in [0.15, 0.2) is 18.3 Å². The average Bonchev–Trinajstić information content (AvgIpc) is 2.29. The van der Waals surface area contributed by atoms with E-state index < -0.39 is 0 Å². The molecule has 86 valence electrons. The molecule has 0 spiro atoms. The highest BCUT2D eigenvalue weighted by molar-refractivity contribution is 5.82. The summed E-state index contributed by atoms with van der Waals surface area (Å²) in [5.41, 5.74) is 1.12. The number of carbonyl (C=O) groups excluding carboxylic acids is 1. The Morgan fingerprint density at radius 3 is 2.69 bits per heavy atom. The molecule has 1 aromatic rings. The van der Waals surface area contributed by atoms with Crippen molar-refractivity contribution >= 4 is 12.1 Å². The van der Waals surface area contributed by atoms with Gasteiger partial charge in [0.15, 0.2) is 6.29 Å². The fourth-order valence-corrected chi connectivity index (χ4v) is 2.09. The molecule has 1 saturated heterocycles. The van der Waals surface area contributed by atoms with Gasteiger partial charge in [0.1, 0.15) is 5.82 Å². The fraction of sp³-hybridized carbons (Fsp3) is 0.538. The van der Waals surface area contributed by atoms with Crippen molar-refractivity contribution in [1.82, 2.24) is 4.98 Å². The van der Waals surface area contributed by atoms with Crippen LogP contribution >= 0.6 is 0 Å². The Labute approximate surface area is 96.5 Å². The zero-order valence-electron chi connectivity index (χ0n) is 9.94. The zero-order chi connectivity index (χ0) is 11.6. The van der Waals surface area contributed by atoms with E-state index in [9.17, 15) is 4.79 Å². The highest BCUT2D eigenvalue weighted by Gasteiger charge is 2.26. The molecule has 0 N–H and O–H groups in total. The first-order valence-electron chi connectivity index (χ1n) is 5.77. The maximum atomic E-state index is 10.9. The molecule has 2 heterocycles. The van der Waals surface area contributed by atoms with Gasteiger partial charge in [0.25, 0.3) is 0 Å². The fourth-order valence-electron chi connectivity index (χ4n) is 2.09. The summed E-state index contributed by atoms with van der Waals surface area (Å²) in [7, 11) is 0. The molecule has 0 aliphatic carbocycles. The summed E-state index contributed by atoms with van der Waals surface area (Å²) in [5.74, 6) is 0.841. The average molecular weight is 218 g/mol. The van der Waals surface area contributed by atoms with E-state index in [1.807, 2.05) is 6.07 Å². The second-order valence-corrected chi connectivity index (χ2v) is 5.19. The van der Waals surface area contributed by atoms with Crippen molar-refractivity contribution in [2.24, 2.45) is 5.41 Å². The maximum absolute atomic E-state index is 10.9. The largest absolute Gasteiger partial charge is 0.356 e. The number of piperidine rings is 1. The van der Waals surface area contributed by atoms with Crippen molar-refractivity contribution < 1.29 is 4.79 Å². The van der Waals surface area contributed by atoms with Crippen LogP contribution in [-0.2, 0) is 0 Å². The van der Waals surface area contributed by atoms with Gasteiger partial charge in [-0.15, -0.1) is 0 Å². The summed E-state index contributed by atoms with van der Waals surface area (Å²) in [4.78, 5) is 17.5. The Balaban J connectivity index is 2.17. The van der Waals surface area contributed by atoms with Crippen LogP contribution in [0, 0.1) is 5.41 Å². The minimum absolute atomic E-state index is 0.423. The van der Waals surface area contributed by atoms with Gasteiger partial charge in [-0.2, -0.15) is 0 Å². The molecule has 0 atom stereocenters. The van der Waals surface area contributed by atoms with E-state index in [4.69, 9.17) is 0 Å². The summed E-state index contributed by atoms with van der Waals surface area (Å²) in [6.07, 6.45) is 4.95. The molecule has 1 aliphatic rings. The SMILES string of the molecule is CC1(C)CCN(c2ncccc2C=O)CC1. The lowest BCUT2D eigenvalue weighted by atomic mass is 9.82. The summed E-state index contributed by atoms with van der Waals surface area (Å²) in [5, 5.41) is 0. The third-order valence-corrected chi connectivity index (χ3v) is 3.36. The van der Waals surface area contributed by atoms with Crippen LogP contribution in [0.25, 0.3) is 0 Å². The highest BCUT2D eigenvalue weighted by atomic mass is 16.1. The van der Waals surface area contributed by atoms with Crippen LogP contribution < -0.4 is 4.90 Å². The molecule has 0 bridgehead atoms. The highest BCUT2D eigenvalue weighted by Crippen LogP contribution is 2.32. The Morgan fingerprint density at radius 1 is 1.38 bits per heavy atom. The smallest absolute Gasteiger partial charge is 0.153 e. The number of rotatable bonds is 2. The number of carbonyl (C=O) groups is 1. The van der Waals surface area contributed by atoms with Crippen LogP contribution in [-0.4, -0.2) is 24.4 Å². The summed E-state index contributed by atoms with van der Waals surface area (Å²) in [6, 6.07) is 3.64. The molecule has 1 fully saturated rings. The number of aromatic nitrogens is 1. The van der Waals surface area contributed by atoms with Crippen molar-refractivity contribution in [3.63, 3.8) is 0 Å². The van der Waals surface area contributed by atoms with E-state index in [1.54, 1.807) is 12.3 Å². The number of anilines is 1.